The van der Waals surface area contributed by atoms with Gasteiger partial charge in [0.1, 0.15) is 0 Å². The van der Waals surface area contributed by atoms with E-state index in [4.69, 9.17) is 20.2 Å². The second-order valence-corrected chi connectivity index (χ2v) is 6.06. The third-order valence-electron chi connectivity index (χ3n) is 1.96. The third-order valence-corrected chi connectivity index (χ3v) is 3.08. The second-order valence-electron chi connectivity index (χ2n) is 3.16. The lowest BCUT2D eigenvalue weighted by atomic mass is 10.2. The van der Waals surface area contributed by atoms with Gasteiger partial charge in [-0.05, 0) is 12.8 Å². The maximum absolute atomic E-state index is 10.5. The van der Waals surface area contributed by atoms with E-state index in [1.54, 1.807) is 0 Å². The Labute approximate surface area is 96.3 Å². The molecule has 0 amide bonds. The summed E-state index contributed by atoms with van der Waals surface area (Å²) in [6, 6.07) is 0. The van der Waals surface area contributed by atoms with Crippen molar-refractivity contribution in [2.24, 2.45) is 0 Å². The molecule has 0 heterocycles. The normalized spacial score (nSPS) is 12.3. The molecule has 92 valence electrons. The Kier molecular flexibility index (Phi) is 8.42. The van der Waals surface area contributed by atoms with E-state index in [1.165, 1.54) is 0 Å². The lowest BCUT2D eigenvalue weighted by molar-refractivity contribution is 0.00496. The van der Waals surface area contributed by atoms with Crippen LogP contribution in [-0.2, 0) is 18.5 Å². The van der Waals surface area contributed by atoms with E-state index in [0.717, 1.165) is 12.8 Å². The molecule has 4 nitrogen and oxygen atoms in total. The molecule has 15 heavy (non-hydrogen) atoms. The first-order chi connectivity index (χ1) is 6.99. The van der Waals surface area contributed by atoms with Crippen molar-refractivity contribution in [2.75, 3.05) is 25.6 Å². The minimum atomic E-state index is -3.43. The average Bonchev–Trinajstić information content (AvgIpc) is 2.15. The van der Waals surface area contributed by atoms with E-state index in [9.17, 15) is 8.42 Å². The summed E-state index contributed by atoms with van der Waals surface area (Å²) in [6.07, 6.45) is 2.23. The van der Waals surface area contributed by atoms with Gasteiger partial charge in [-0.3, -0.25) is 0 Å². The van der Waals surface area contributed by atoms with E-state index in [2.05, 4.69) is 13.8 Å². The molecular formula is C9H19ClO4S. The van der Waals surface area contributed by atoms with E-state index in [0.29, 0.717) is 13.2 Å². The molecule has 6 heteroatoms. The quantitative estimate of drug-likeness (QED) is 0.467. The predicted octanol–water partition coefficient (Wildman–Crippen LogP) is 1.78. The Morgan fingerprint density at radius 2 is 1.73 bits per heavy atom. The van der Waals surface area contributed by atoms with Crippen molar-refractivity contribution >= 4 is 19.7 Å². The van der Waals surface area contributed by atoms with Crippen LogP contribution in [0.3, 0.4) is 0 Å². The Hall–Kier alpha value is 0.160. The minimum absolute atomic E-state index is 0.123. The van der Waals surface area contributed by atoms with Gasteiger partial charge in [-0.15, -0.1) is 0 Å². The summed E-state index contributed by atoms with van der Waals surface area (Å²) in [6.45, 7) is 5.15. The fourth-order valence-electron chi connectivity index (χ4n) is 1.06. The summed E-state index contributed by atoms with van der Waals surface area (Å²) < 4.78 is 31.6. The molecule has 0 aliphatic heterocycles. The summed E-state index contributed by atoms with van der Waals surface area (Å²) in [5.74, 6) is -0.153. The van der Waals surface area contributed by atoms with Crippen molar-refractivity contribution in [3.63, 3.8) is 0 Å². The van der Waals surface area contributed by atoms with Gasteiger partial charge < -0.3 is 9.47 Å². The molecule has 0 aliphatic carbocycles. The molecule has 0 radical (unpaired) electrons. The van der Waals surface area contributed by atoms with Crippen LogP contribution in [0, 0.1) is 0 Å². The van der Waals surface area contributed by atoms with Crippen LogP contribution >= 0.6 is 10.7 Å². The van der Waals surface area contributed by atoms with Gasteiger partial charge in [-0.2, -0.15) is 0 Å². The van der Waals surface area contributed by atoms with Crippen molar-refractivity contribution in [3.05, 3.63) is 0 Å². The summed E-state index contributed by atoms with van der Waals surface area (Å²) in [5.41, 5.74) is 0. The SMILES string of the molecule is CCC(CC)OCCOCCS(=O)(=O)Cl. The first-order valence-electron chi connectivity index (χ1n) is 5.11. The monoisotopic (exact) mass is 258 g/mol. The number of hydrogen-bond donors (Lipinski definition) is 0. The number of rotatable bonds is 9. The largest absolute Gasteiger partial charge is 0.378 e. The summed E-state index contributed by atoms with van der Waals surface area (Å²) in [4.78, 5) is 0. The Morgan fingerprint density at radius 3 is 2.20 bits per heavy atom. The molecule has 0 saturated heterocycles. The van der Waals surface area contributed by atoms with Gasteiger partial charge in [0.25, 0.3) is 0 Å². The van der Waals surface area contributed by atoms with Gasteiger partial charge in [0, 0.05) is 10.7 Å². The number of ether oxygens (including phenoxy) is 2. The number of halogens is 1. The van der Waals surface area contributed by atoms with E-state index in [-0.39, 0.29) is 18.5 Å². The molecule has 0 aromatic rings. The van der Waals surface area contributed by atoms with E-state index in [1.807, 2.05) is 0 Å². The van der Waals surface area contributed by atoms with Crippen LogP contribution in [0.15, 0.2) is 0 Å². The molecule has 0 unspecified atom stereocenters. The summed E-state index contributed by atoms with van der Waals surface area (Å²) in [7, 11) is 1.57. The average molecular weight is 259 g/mol. The van der Waals surface area contributed by atoms with E-state index >= 15 is 0 Å². The van der Waals surface area contributed by atoms with Gasteiger partial charge in [-0.25, -0.2) is 8.42 Å². The van der Waals surface area contributed by atoms with Crippen LogP contribution in [-0.4, -0.2) is 40.1 Å². The molecule has 0 bridgehead atoms. The third kappa shape index (κ3) is 10.4. The van der Waals surface area contributed by atoms with Gasteiger partial charge in [0.2, 0.25) is 9.05 Å². The molecule has 0 rings (SSSR count). The van der Waals surface area contributed by atoms with Crippen LogP contribution in [0.25, 0.3) is 0 Å². The molecule has 0 atom stereocenters. The zero-order chi connectivity index (χ0) is 11.7. The molecule has 0 fully saturated rings. The fourth-order valence-corrected chi connectivity index (χ4v) is 1.56. The van der Waals surface area contributed by atoms with Crippen LogP contribution in [0.5, 0.6) is 0 Å². The van der Waals surface area contributed by atoms with E-state index < -0.39 is 9.05 Å². The lowest BCUT2D eigenvalue weighted by Crippen LogP contribution is -2.16. The van der Waals surface area contributed by atoms with Gasteiger partial charge in [0.05, 0.1) is 31.7 Å². The highest BCUT2D eigenvalue weighted by molar-refractivity contribution is 8.13. The first-order valence-corrected chi connectivity index (χ1v) is 7.59. The summed E-state index contributed by atoms with van der Waals surface area (Å²) >= 11 is 0. The van der Waals surface area contributed by atoms with Crippen LogP contribution in [0.4, 0.5) is 0 Å². The van der Waals surface area contributed by atoms with Crippen molar-refractivity contribution in [1.82, 2.24) is 0 Å². The lowest BCUT2D eigenvalue weighted by Gasteiger charge is -2.13. The zero-order valence-corrected chi connectivity index (χ0v) is 10.8. The Bertz CT molecular complexity index is 236. The van der Waals surface area contributed by atoms with Crippen molar-refractivity contribution in [2.45, 2.75) is 32.8 Å². The topological polar surface area (TPSA) is 52.6 Å². The minimum Gasteiger partial charge on any atom is -0.378 e. The summed E-state index contributed by atoms with van der Waals surface area (Å²) in [5, 5.41) is 0. The maximum atomic E-state index is 10.5. The standard InChI is InChI=1S/C9H19ClO4S/c1-3-9(4-2)14-6-5-13-7-8-15(10,11)12/h9H,3-8H2,1-2H3. The second kappa shape index (κ2) is 8.33. The molecule has 0 aliphatic rings. The van der Waals surface area contributed by atoms with Crippen molar-refractivity contribution in [1.29, 1.82) is 0 Å². The zero-order valence-electron chi connectivity index (χ0n) is 9.24. The molecule has 0 aromatic heterocycles. The van der Waals surface area contributed by atoms with Crippen LogP contribution in [0.2, 0.25) is 0 Å². The van der Waals surface area contributed by atoms with Crippen molar-refractivity contribution < 1.29 is 17.9 Å². The maximum Gasteiger partial charge on any atom is 0.234 e. The highest BCUT2D eigenvalue weighted by atomic mass is 35.7. The smallest absolute Gasteiger partial charge is 0.234 e. The first kappa shape index (κ1) is 15.2. The highest BCUT2D eigenvalue weighted by Gasteiger charge is 2.05. The predicted molar refractivity (Wildman–Crippen MR) is 60.8 cm³/mol. The number of hydrogen-bond acceptors (Lipinski definition) is 4. The van der Waals surface area contributed by atoms with Crippen LogP contribution in [0.1, 0.15) is 26.7 Å². The Morgan fingerprint density at radius 1 is 1.13 bits per heavy atom. The fraction of sp³-hybridized carbons (Fsp3) is 1.00. The highest BCUT2D eigenvalue weighted by Crippen LogP contribution is 2.02. The van der Waals surface area contributed by atoms with Crippen LogP contribution < -0.4 is 0 Å². The molecule has 0 spiro atoms. The molecule has 0 N–H and O–H groups in total. The molecule has 0 aromatic carbocycles. The van der Waals surface area contributed by atoms with Crippen molar-refractivity contribution in [3.8, 4) is 0 Å². The van der Waals surface area contributed by atoms with Gasteiger partial charge >= 0.3 is 0 Å². The van der Waals surface area contributed by atoms with Gasteiger partial charge in [-0.1, -0.05) is 13.8 Å². The van der Waals surface area contributed by atoms with Gasteiger partial charge in [0.15, 0.2) is 0 Å². The Balaban J connectivity index is 3.32. The molecular weight excluding hydrogens is 240 g/mol. The molecule has 0 saturated carbocycles.